The molecule has 1 aliphatic heterocycles. The Morgan fingerprint density at radius 1 is 1.23 bits per heavy atom. The van der Waals surface area contributed by atoms with Crippen LogP contribution in [0, 0.1) is 10.6 Å². The lowest BCUT2D eigenvalue weighted by Gasteiger charge is -2.26. The van der Waals surface area contributed by atoms with E-state index in [1.807, 2.05) is 17.4 Å². The molecular formula is C21H21FN3O4S+. The molecule has 2 heterocycles. The number of rotatable bonds is 4. The van der Waals surface area contributed by atoms with E-state index in [1.165, 1.54) is 25.3 Å². The molecule has 0 saturated carbocycles. The smallest absolute Gasteiger partial charge is 0.265 e. The second kappa shape index (κ2) is 7.92. The number of benzene rings is 2. The van der Waals surface area contributed by atoms with Gasteiger partial charge in [0.1, 0.15) is 17.4 Å². The predicted molar refractivity (Wildman–Crippen MR) is 111 cm³/mol. The number of nitrogens with one attached hydrogen (secondary N) is 1. The molecule has 156 valence electrons. The van der Waals surface area contributed by atoms with Crippen molar-refractivity contribution in [2.24, 2.45) is 0 Å². The van der Waals surface area contributed by atoms with Crippen molar-refractivity contribution >= 4 is 12.2 Å². The third-order valence-corrected chi connectivity index (χ3v) is 5.61. The summed E-state index contributed by atoms with van der Waals surface area (Å²) in [6.45, 7) is 0.696. The molecule has 0 saturated heterocycles. The molecule has 4 N–H and O–H groups in total. The van der Waals surface area contributed by atoms with Gasteiger partial charge < -0.3 is 19.9 Å². The summed E-state index contributed by atoms with van der Waals surface area (Å²) in [4.78, 5) is 15.4. The first-order chi connectivity index (χ1) is 14.5. The second-order valence-electron chi connectivity index (χ2n) is 6.94. The molecule has 1 aliphatic rings. The molecule has 0 radical (unpaired) electrons. The van der Waals surface area contributed by atoms with Gasteiger partial charge in [-0.3, -0.25) is 14.3 Å². The van der Waals surface area contributed by atoms with Gasteiger partial charge in [-0.2, -0.15) is 0 Å². The second-order valence-corrected chi connectivity index (χ2v) is 7.33. The predicted octanol–water partition coefficient (Wildman–Crippen LogP) is 1.97. The van der Waals surface area contributed by atoms with Gasteiger partial charge in [-0.15, -0.1) is 0 Å². The van der Waals surface area contributed by atoms with E-state index in [2.05, 4.69) is 4.98 Å². The lowest BCUT2D eigenvalue weighted by Crippen LogP contribution is -2.87. The van der Waals surface area contributed by atoms with Crippen molar-refractivity contribution in [3.8, 4) is 23.1 Å². The molecule has 7 nitrogen and oxygen atoms in total. The first kappa shape index (κ1) is 20.1. The first-order valence-corrected chi connectivity index (χ1v) is 9.78. The topological polar surface area (TPSA) is 93.1 Å². The number of para-hydroxylation sites is 1. The van der Waals surface area contributed by atoms with Crippen LogP contribution < -0.4 is 20.3 Å². The van der Waals surface area contributed by atoms with Crippen LogP contribution in [0.3, 0.4) is 0 Å². The molecule has 1 aromatic heterocycles. The highest BCUT2D eigenvalue weighted by Gasteiger charge is 2.33. The summed E-state index contributed by atoms with van der Waals surface area (Å²) in [6.07, 6.45) is 0.761. The maximum absolute atomic E-state index is 14.4. The van der Waals surface area contributed by atoms with Gasteiger partial charge in [0, 0.05) is 12.0 Å². The largest absolute Gasteiger partial charge is 0.494 e. The van der Waals surface area contributed by atoms with Crippen molar-refractivity contribution in [2.45, 2.75) is 12.5 Å². The zero-order valence-corrected chi connectivity index (χ0v) is 17.3. The summed E-state index contributed by atoms with van der Waals surface area (Å²) in [5.41, 5.74) is 1.44. The van der Waals surface area contributed by atoms with Crippen LogP contribution >= 0.6 is 12.2 Å². The summed E-state index contributed by atoms with van der Waals surface area (Å²) in [5.74, 6) is 0.158. The fourth-order valence-corrected chi connectivity index (χ4v) is 4.20. The van der Waals surface area contributed by atoms with Crippen LogP contribution in [0.5, 0.6) is 17.4 Å². The fourth-order valence-electron chi connectivity index (χ4n) is 3.92. The van der Waals surface area contributed by atoms with Crippen LogP contribution in [-0.4, -0.2) is 35.4 Å². The molecule has 0 fully saturated rings. The Morgan fingerprint density at radius 3 is 2.63 bits per heavy atom. The van der Waals surface area contributed by atoms with Gasteiger partial charge in [0.25, 0.3) is 5.56 Å². The SMILES string of the molecule is COc1cc2c(cc1OC)[C@@H](c1c(O)n(-c3ccccc3F)c(=S)[nH]c1=O)[NH2+]CC2. The van der Waals surface area contributed by atoms with Crippen LogP contribution in [0.4, 0.5) is 4.39 Å². The number of nitrogens with two attached hydrogens (primary N) is 1. The zero-order valence-electron chi connectivity index (χ0n) is 16.4. The van der Waals surface area contributed by atoms with Crippen molar-refractivity contribution in [1.82, 2.24) is 9.55 Å². The van der Waals surface area contributed by atoms with E-state index in [9.17, 15) is 14.3 Å². The number of halogens is 1. The lowest BCUT2D eigenvalue weighted by molar-refractivity contribution is -0.690. The summed E-state index contributed by atoms with van der Waals surface area (Å²) >= 11 is 5.21. The lowest BCUT2D eigenvalue weighted by atomic mass is 9.90. The van der Waals surface area contributed by atoms with Gasteiger partial charge in [-0.25, -0.2) is 4.39 Å². The molecule has 0 bridgehead atoms. The number of ether oxygens (including phenoxy) is 2. The van der Waals surface area contributed by atoms with E-state index in [0.29, 0.717) is 18.0 Å². The Bertz CT molecular complexity index is 1240. The van der Waals surface area contributed by atoms with E-state index in [4.69, 9.17) is 21.7 Å². The molecule has 9 heteroatoms. The maximum Gasteiger partial charge on any atom is 0.265 e. The Balaban J connectivity index is 1.96. The van der Waals surface area contributed by atoms with Gasteiger partial charge in [0.15, 0.2) is 16.3 Å². The number of fused-ring (bicyclic) bond motifs is 1. The number of aromatic nitrogens is 2. The van der Waals surface area contributed by atoms with Gasteiger partial charge in [-0.05, 0) is 42.0 Å². The Morgan fingerprint density at radius 2 is 1.93 bits per heavy atom. The number of aromatic hydroxyl groups is 1. The standard InChI is InChI=1S/C21H20FN3O4S/c1-28-15-9-11-7-8-23-18(12(11)10-16(15)29-2)17-19(26)24-21(30)25(20(17)27)14-6-4-3-5-13(14)22/h3-6,9-10,18,23,27H,7-8H2,1-2H3,(H,24,26,30)/p+1/t18-/m0/s1. The summed E-state index contributed by atoms with van der Waals surface area (Å²) < 4.78 is 26.3. The van der Waals surface area contributed by atoms with E-state index >= 15 is 0 Å². The molecule has 4 rings (SSSR count). The number of methoxy groups -OCH3 is 2. The summed E-state index contributed by atoms with van der Waals surface area (Å²) in [5, 5.41) is 13.0. The van der Waals surface area contributed by atoms with Gasteiger partial charge in [0.05, 0.1) is 26.5 Å². The fraction of sp³-hybridized carbons (Fsp3) is 0.238. The average molecular weight is 430 g/mol. The van der Waals surface area contributed by atoms with Crippen molar-refractivity contribution in [2.75, 3.05) is 20.8 Å². The molecule has 0 aliphatic carbocycles. The van der Waals surface area contributed by atoms with Crippen LogP contribution in [-0.2, 0) is 6.42 Å². The number of aromatic amines is 1. The number of hydrogen-bond acceptors (Lipinski definition) is 5. The van der Waals surface area contributed by atoms with Gasteiger partial charge in [0.2, 0.25) is 5.88 Å². The van der Waals surface area contributed by atoms with E-state index in [-0.39, 0.29) is 16.0 Å². The highest BCUT2D eigenvalue weighted by molar-refractivity contribution is 7.71. The number of H-pyrrole nitrogens is 1. The van der Waals surface area contributed by atoms with Crippen LogP contribution in [0.2, 0.25) is 0 Å². The van der Waals surface area contributed by atoms with Crippen molar-refractivity contribution in [3.63, 3.8) is 0 Å². The van der Waals surface area contributed by atoms with Crippen LogP contribution in [0.15, 0.2) is 41.2 Å². The summed E-state index contributed by atoms with van der Waals surface area (Å²) in [6, 6.07) is 9.08. The van der Waals surface area contributed by atoms with Crippen molar-refractivity contribution in [3.05, 3.63) is 74.0 Å². The molecule has 1 atom stereocenters. The van der Waals surface area contributed by atoms with Crippen LogP contribution in [0.25, 0.3) is 5.69 Å². The quantitative estimate of drug-likeness (QED) is 0.551. The molecular weight excluding hydrogens is 409 g/mol. The minimum absolute atomic E-state index is 0.0563. The third kappa shape index (κ3) is 3.25. The monoisotopic (exact) mass is 430 g/mol. The third-order valence-electron chi connectivity index (χ3n) is 5.32. The molecule has 0 unspecified atom stereocenters. The Hall–Kier alpha value is -3.17. The van der Waals surface area contributed by atoms with E-state index in [0.717, 1.165) is 22.1 Å². The normalized spacial score (nSPS) is 15.5. The highest BCUT2D eigenvalue weighted by atomic mass is 32.1. The van der Waals surface area contributed by atoms with Gasteiger partial charge in [-0.1, -0.05) is 12.1 Å². The Labute approximate surface area is 176 Å². The molecule has 30 heavy (non-hydrogen) atoms. The number of quaternary nitrogens is 1. The zero-order chi connectivity index (χ0) is 21.4. The van der Waals surface area contributed by atoms with E-state index in [1.54, 1.807) is 13.2 Å². The summed E-state index contributed by atoms with van der Waals surface area (Å²) in [7, 11) is 3.10. The van der Waals surface area contributed by atoms with Crippen LogP contribution in [0.1, 0.15) is 22.7 Å². The maximum atomic E-state index is 14.4. The number of hydrogen-bond donors (Lipinski definition) is 3. The van der Waals surface area contributed by atoms with Gasteiger partial charge >= 0.3 is 0 Å². The molecule has 0 amide bonds. The first-order valence-electron chi connectivity index (χ1n) is 9.37. The molecule has 2 aromatic carbocycles. The Kier molecular flexibility index (Phi) is 5.31. The highest BCUT2D eigenvalue weighted by Crippen LogP contribution is 2.37. The van der Waals surface area contributed by atoms with E-state index < -0.39 is 23.3 Å². The van der Waals surface area contributed by atoms with Crippen molar-refractivity contribution < 1.29 is 24.3 Å². The average Bonchev–Trinajstić information content (AvgIpc) is 2.73. The minimum atomic E-state index is -0.568. The molecule has 3 aromatic rings. The minimum Gasteiger partial charge on any atom is -0.494 e. The van der Waals surface area contributed by atoms with Crippen molar-refractivity contribution in [1.29, 1.82) is 0 Å². The number of nitrogens with zero attached hydrogens (tertiary/aromatic N) is 1. The molecule has 0 spiro atoms.